The summed E-state index contributed by atoms with van der Waals surface area (Å²) < 4.78 is 9.93. The summed E-state index contributed by atoms with van der Waals surface area (Å²) in [7, 11) is 1.60. The van der Waals surface area contributed by atoms with Crippen LogP contribution in [0.15, 0.2) is 0 Å². The third-order valence-corrected chi connectivity index (χ3v) is 2.08. The number of nitrogens with zero attached hydrogens (tertiary/aromatic N) is 1. The van der Waals surface area contributed by atoms with E-state index in [-0.39, 0.29) is 12.5 Å². The maximum atomic E-state index is 11.5. The van der Waals surface area contributed by atoms with Gasteiger partial charge in [0.1, 0.15) is 6.54 Å². The molecule has 0 spiro atoms. The van der Waals surface area contributed by atoms with E-state index in [2.05, 4.69) is 5.48 Å². The summed E-state index contributed by atoms with van der Waals surface area (Å²) in [5.74, 6) is 0.0377. The Hall–Kier alpha value is -0.690. The van der Waals surface area contributed by atoms with Crippen molar-refractivity contribution in [2.45, 2.75) is 0 Å². The molecule has 0 aliphatic carbocycles. The van der Waals surface area contributed by atoms with Gasteiger partial charge in [-0.3, -0.25) is 9.63 Å². The summed E-state index contributed by atoms with van der Waals surface area (Å²) in [4.78, 5) is 18.3. The predicted molar refractivity (Wildman–Crippen MR) is 53.2 cm³/mol. The first-order valence-electron chi connectivity index (χ1n) is 5.03. The van der Waals surface area contributed by atoms with Gasteiger partial charge in [0.25, 0.3) is 0 Å². The number of amides is 1. The zero-order valence-electron chi connectivity index (χ0n) is 9.03. The van der Waals surface area contributed by atoms with Gasteiger partial charge in [-0.15, -0.1) is 0 Å². The highest BCUT2D eigenvalue weighted by Gasteiger charge is 2.15. The fourth-order valence-corrected chi connectivity index (χ4v) is 1.23. The molecule has 0 aromatic heterocycles. The van der Waals surface area contributed by atoms with E-state index < -0.39 is 0 Å². The molecular formula is C9H18N2O4. The summed E-state index contributed by atoms with van der Waals surface area (Å²) in [6.45, 7) is 3.72. The summed E-state index contributed by atoms with van der Waals surface area (Å²) in [6, 6.07) is 0. The van der Waals surface area contributed by atoms with Gasteiger partial charge < -0.3 is 14.4 Å². The van der Waals surface area contributed by atoms with E-state index >= 15 is 0 Å². The van der Waals surface area contributed by atoms with Gasteiger partial charge >= 0.3 is 0 Å². The number of methoxy groups -OCH3 is 1. The monoisotopic (exact) mass is 218 g/mol. The first kappa shape index (κ1) is 12.4. The minimum Gasteiger partial charge on any atom is -0.382 e. The lowest BCUT2D eigenvalue weighted by Gasteiger charge is -2.26. The molecule has 0 atom stereocenters. The number of carbonyl (C=O) groups is 1. The van der Waals surface area contributed by atoms with E-state index in [1.54, 1.807) is 12.0 Å². The molecule has 0 aromatic carbocycles. The van der Waals surface area contributed by atoms with Gasteiger partial charge in [-0.25, -0.2) is 0 Å². The Kier molecular flexibility index (Phi) is 6.26. The molecule has 1 fully saturated rings. The first-order chi connectivity index (χ1) is 7.34. The predicted octanol–water partition coefficient (Wildman–Crippen LogP) is -0.987. The van der Waals surface area contributed by atoms with Gasteiger partial charge in [0.2, 0.25) is 5.91 Å². The molecule has 1 saturated heterocycles. The summed E-state index contributed by atoms with van der Waals surface area (Å²) in [5.41, 5.74) is 2.61. The Bertz CT molecular complexity index is 183. The van der Waals surface area contributed by atoms with Crippen molar-refractivity contribution in [3.8, 4) is 0 Å². The number of rotatable bonds is 6. The minimum absolute atomic E-state index is 0.0377. The first-order valence-corrected chi connectivity index (χ1v) is 5.03. The maximum absolute atomic E-state index is 11.5. The summed E-state index contributed by atoms with van der Waals surface area (Å²) in [6.07, 6.45) is 0. The van der Waals surface area contributed by atoms with Gasteiger partial charge in [-0.2, -0.15) is 5.48 Å². The molecule has 1 aliphatic rings. The SMILES string of the molecule is COCCONCC(=O)N1CCOCC1. The Balaban J connectivity index is 2.02. The molecule has 0 saturated carbocycles. The van der Waals surface area contributed by atoms with Crippen molar-refractivity contribution in [1.82, 2.24) is 10.4 Å². The molecule has 0 unspecified atom stereocenters. The lowest BCUT2D eigenvalue weighted by molar-refractivity contribution is -0.137. The van der Waals surface area contributed by atoms with E-state index in [1.807, 2.05) is 0 Å². The van der Waals surface area contributed by atoms with Crippen molar-refractivity contribution < 1.29 is 19.1 Å². The lowest BCUT2D eigenvalue weighted by atomic mass is 10.4. The van der Waals surface area contributed by atoms with Crippen molar-refractivity contribution in [1.29, 1.82) is 0 Å². The van der Waals surface area contributed by atoms with Gasteiger partial charge in [-0.1, -0.05) is 0 Å². The van der Waals surface area contributed by atoms with Crippen LogP contribution in [0.2, 0.25) is 0 Å². The molecule has 88 valence electrons. The van der Waals surface area contributed by atoms with Crippen molar-refractivity contribution in [3.05, 3.63) is 0 Å². The molecule has 0 radical (unpaired) electrons. The third-order valence-electron chi connectivity index (χ3n) is 2.08. The number of ether oxygens (including phenoxy) is 2. The van der Waals surface area contributed by atoms with Crippen LogP contribution in [0.5, 0.6) is 0 Å². The van der Waals surface area contributed by atoms with Crippen LogP contribution in [0.1, 0.15) is 0 Å². The second kappa shape index (κ2) is 7.58. The van der Waals surface area contributed by atoms with Crippen LogP contribution in [0.3, 0.4) is 0 Å². The highest BCUT2D eigenvalue weighted by molar-refractivity contribution is 5.78. The van der Waals surface area contributed by atoms with E-state index in [0.29, 0.717) is 39.5 Å². The quantitative estimate of drug-likeness (QED) is 0.458. The molecular weight excluding hydrogens is 200 g/mol. The normalized spacial score (nSPS) is 16.7. The van der Waals surface area contributed by atoms with E-state index in [4.69, 9.17) is 14.3 Å². The Labute approximate surface area is 89.4 Å². The fraction of sp³-hybridized carbons (Fsp3) is 0.889. The highest BCUT2D eigenvalue weighted by atomic mass is 16.7. The molecule has 15 heavy (non-hydrogen) atoms. The smallest absolute Gasteiger partial charge is 0.239 e. The van der Waals surface area contributed by atoms with Gasteiger partial charge in [-0.05, 0) is 0 Å². The van der Waals surface area contributed by atoms with E-state index in [0.717, 1.165) is 0 Å². The van der Waals surface area contributed by atoms with Crippen LogP contribution in [-0.2, 0) is 19.1 Å². The Morgan fingerprint density at radius 1 is 1.40 bits per heavy atom. The largest absolute Gasteiger partial charge is 0.382 e. The highest BCUT2D eigenvalue weighted by Crippen LogP contribution is 1.96. The maximum Gasteiger partial charge on any atom is 0.239 e. The molecule has 1 rings (SSSR count). The minimum atomic E-state index is 0.0377. The Morgan fingerprint density at radius 2 is 2.13 bits per heavy atom. The van der Waals surface area contributed by atoms with Crippen LogP contribution in [0.25, 0.3) is 0 Å². The van der Waals surface area contributed by atoms with Crippen molar-refractivity contribution in [2.75, 3.05) is 53.2 Å². The number of hydrogen-bond donors (Lipinski definition) is 1. The van der Waals surface area contributed by atoms with Crippen LogP contribution in [0.4, 0.5) is 0 Å². The standard InChI is InChI=1S/C9H18N2O4/c1-13-6-7-15-10-8-9(12)11-2-4-14-5-3-11/h10H,2-8H2,1H3. The molecule has 1 N–H and O–H groups in total. The Morgan fingerprint density at radius 3 is 2.80 bits per heavy atom. The lowest BCUT2D eigenvalue weighted by Crippen LogP contribution is -2.44. The number of hydrogen-bond acceptors (Lipinski definition) is 5. The van der Waals surface area contributed by atoms with Crippen LogP contribution >= 0.6 is 0 Å². The van der Waals surface area contributed by atoms with Crippen molar-refractivity contribution >= 4 is 5.91 Å². The van der Waals surface area contributed by atoms with Crippen LogP contribution in [0, 0.1) is 0 Å². The molecule has 1 heterocycles. The molecule has 0 aromatic rings. The molecule has 1 amide bonds. The van der Waals surface area contributed by atoms with Crippen molar-refractivity contribution in [2.24, 2.45) is 0 Å². The zero-order chi connectivity index (χ0) is 10.9. The number of hydroxylamine groups is 1. The van der Waals surface area contributed by atoms with Gasteiger partial charge in [0, 0.05) is 20.2 Å². The van der Waals surface area contributed by atoms with E-state index in [1.165, 1.54) is 0 Å². The number of nitrogens with one attached hydrogen (secondary N) is 1. The fourth-order valence-electron chi connectivity index (χ4n) is 1.23. The van der Waals surface area contributed by atoms with Gasteiger partial charge in [0.05, 0.1) is 26.4 Å². The van der Waals surface area contributed by atoms with Crippen LogP contribution in [-0.4, -0.2) is 64.0 Å². The van der Waals surface area contributed by atoms with Gasteiger partial charge in [0.15, 0.2) is 0 Å². The summed E-state index contributed by atoms with van der Waals surface area (Å²) in [5, 5.41) is 0. The molecule has 6 nitrogen and oxygen atoms in total. The molecule has 1 aliphatic heterocycles. The number of morpholine rings is 1. The molecule has 0 bridgehead atoms. The average molecular weight is 218 g/mol. The third kappa shape index (κ3) is 5.08. The molecule has 6 heteroatoms. The van der Waals surface area contributed by atoms with Crippen molar-refractivity contribution in [3.63, 3.8) is 0 Å². The van der Waals surface area contributed by atoms with Crippen LogP contribution < -0.4 is 5.48 Å². The zero-order valence-corrected chi connectivity index (χ0v) is 9.03. The second-order valence-electron chi connectivity index (χ2n) is 3.16. The van der Waals surface area contributed by atoms with E-state index in [9.17, 15) is 4.79 Å². The number of carbonyl (C=O) groups excluding carboxylic acids is 1. The topological polar surface area (TPSA) is 60.0 Å². The second-order valence-corrected chi connectivity index (χ2v) is 3.16. The average Bonchev–Trinajstić information content (AvgIpc) is 2.30. The summed E-state index contributed by atoms with van der Waals surface area (Å²) >= 11 is 0.